The van der Waals surface area contributed by atoms with Crippen molar-refractivity contribution in [2.75, 3.05) is 62.9 Å². The van der Waals surface area contributed by atoms with Crippen molar-refractivity contribution in [1.29, 1.82) is 0 Å². The Morgan fingerprint density at radius 2 is 1.02 bits per heavy atom. The third-order valence-corrected chi connectivity index (χ3v) is 5.63. The van der Waals surface area contributed by atoms with Crippen molar-refractivity contribution in [3.63, 3.8) is 0 Å². The molecule has 0 fully saturated rings. The van der Waals surface area contributed by atoms with Crippen LogP contribution in [0.2, 0.25) is 25.7 Å². The van der Waals surface area contributed by atoms with Crippen LogP contribution in [-0.4, -0.2) is 114 Å². The minimum atomic E-state index is -1.17. The molecule has 40 heavy (non-hydrogen) atoms. The van der Waals surface area contributed by atoms with E-state index in [2.05, 4.69) is 52.5 Å². The summed E-state index contributed by atoms with van der Waals surface area (Å²) in [7, 11) is 13.7. The lowest BCUT2D eigenvalue weighted by molar-refractivity contribution is -0.129. The highest BCUT2D eigenvalue weighted by Crippen LogP contribution is 2.08. The van der Waals surface area contributed by atoms with Gasteiger partial charge in [-0.1, -0.05) is 52.9 Å². The highest BCUT2D eigenvalue weighted by molar-refractivity contribution is 6.78. The summed E-state index contributed by atoms with van der Waals surface area (Å²) in [6.45, 7) is 23.3. The van der Waals surface area contributed by atoms with Gasteiger partial charge in [0.05, 0.1) is 8.07 Å². The third kappa shape index (κ3) is 56.2. The number of carbonyl (C=O) groups excluding carboxylic acids is 4. The quantitative estimate of drug-likeness (QED) is 0.266. The van der Waals surface area contributed by atoms with E-state index in [1.54, 1.807) is 49.0 Å². The Hall–Kier alpha value is -2.00. The molecule has 9 heteroatoms. The van der Waals surface area contributed by atoms with Crippen molar-refractivity contribution < 1.29 is 19.2 Å². The lowest BCUT2D eigenvalue weighted by Gasteiger charge is -2.18. The predicted molar refractivity (Wildman–Crippen MR) is 177 cm³/mol. The van der Waals surface area contributed by atoms with Gasteiger partial charge in [0.2, 0.25) is 17.7 Å². The lowest BCUT2D eigenvalue weighted by Crippen LogP contribution is -2.31. The van der Waals surface area contributed by atoms with Gasteiger partial charge in [0, 0.05) is 60.8 Å². The van der Waals surface area contributed by atoms with E-state index in [4.69, 9.17) is 0 Å². The van der Waals surface area contributed by atoms with Crippen LogP contribution in [0.15, 0.2) is 11.6 Å². The SMILES string of the molecule is CC(C)=CC(=O)N(C)C.CC(C)=O.CC(C)CC(=O)N(C)C.CC(C)CCN(C)C.CN(C)C(=O)C[Si](C)(C)C. The van der Waals surface area contributed by atoms with Gasteiger partial charge in [-0.05, 0) is 66.6 Å². The molecule has 0 rings (SSSR count). The Morgan fingerprint density at radius 3 is 1.12 bits per heavy atom. The molecule has 0 aromatic carbocycles. The number of likely N-dealkylation sites (N-methyl/N-ethyl adjacent to an activating group) is 1. The summed E-state index contributed by atoms with van der Waals surface area (Å²) in [6.07, 6.45) is 3.58. The fraction of sp³-hybridized carbons (Fsp3) is 0.806. The van der Waals surface area contributed by atoms with E-state index in [0.29, 0.717) is 12.3 Å². The minimum absolute atomic E-state index is 0.0509. The molecular weight excluding hydrogens is 520 g/mol. The van der Waals surface area contributed by atoms with Gasteiger partial charge in [-0.15, -0.1) is 0 Å². The van der Waals surface area contributed by atoms with Crippen LogP contribution in [0.4, 0.5) is 0 Å². The second-order valence-corrected chi connectivity index (χ2v) is 18.7. The molecule has 0 saturated heterocycles. The fourth-order valence-electron chi connectivity index (χ4n) is 2.04. The van der Waals surface area contributed by atoms with E-state index in [9.17, 15) is 19.2 Å². The van der Waals surface area contributed by atoms with Crippen molar-refractivity contribution in [3.05, 3.63) is 11.6 Å². The van der Waals surface area contributed by atoms with Crippen LogP contribution in [-0.2, 0) is 19.2 Å². The van der Waals surface area contributed by atoms with E-state index in [1.165, 1.54) is 26.8 Å². The first-order valence-electron chi connectivity index (χ1n) is 14.1. The maximum absolute atomic E-state index is 11.1. The summed E-state index contributed by atoms with van der Waals surface area (Å²) in [5, 5.41) is 0. The van der Waals surface area contributed by atoms with Gasteiger partial charge in [0.15, 0.2) is 0 Å². The highest BCUT2D eigenvalue weighted by Gasteiger charge is 2.18. The minimum Gasteiger partial charge on any atom is -0.349 e. The van der Waals surface area contributed by atoms with Gasteiger partial charge in [0.1, 0.15) is 5.78 Å². The fourth-order valence-corrected chi connectivity index (χ4v) is 3.26. The van der Waals surface area contributed by atoms with Gasteiger partial charge >= 0.3 is 0 Å². The van der Waals surface area contributed by atoms with Gasteiger partial charge in [-0.3, -0.25) is 14.4 Å². The van der Waals surface area contributed by atoms with Crippen molar-refractivity contribution in [3.8, 4) is 0 Å². The van der Waals surface area contributed by atoms with Crippen LogP contribution in [0.25, 0.3) is 0 Å². The van der Waals surface area contributed by atoms with E-state index in [1.807, 2.05) is 41.8 Å². The highest BCUT2D eigenvalue weighted by atomic mass is 28.3. The molecule has 240 valence electrons. The molecule has 0 atom stereocenters. The summed E-state index contributed by atoms with van der Waals surface area (Å²) in [6, 6.07) is 0.764. The largest absolute Gasteiger partial charge is 0.349 e. The first kappa shape index (κ1) is 47.8. The van der Waals surface area contributed by atoms with Crippen LogP contribution < -0.4 is 0 Å². The number of amides is 3. The third-order valence-electron chi connectivity index (χ3n) is 4.27. The van der Waals surface area contributed by atoms with E-state index < -0.39 is 8.07 Å². The number of hydrogen-bond donors (Lipinski definition) is 0. The molecule has 0 radical (unpaired) electrons. The van der Waals surface area contributed by atoms with E-state index in [-0.39, 0.29) is 23.5 Å². The van der Waals surface area contributed by atoms with Crippen LogP contribution in [0, 0.1) is 11.8 Å². The zero-order chi connectivity index (χ0) is 33.4. The van der Waals surface area contributed by atoms with Crippen molar-refractivity contribution >= 4 is 31.6 Å². The molecule has 0 bridgehead atoms. The zero-order valence-electron chi connectivity index (χ0n) is 30.0. The molecule has 0 N–H and O–H groups in total. The first-order chi connectivity index (χ1) is 17.8. The number of ketones is 1. The van der Waals surface area contributed by atoms with E-state index >= 15 is 0 Å². The Kier molecular flexibility index (Phi) is 32.5. The summed E-state index contributed by atoms with van der Waals surface area (Å²) < 4.78 is 0. The number of hydrogen-bond acceptors (Lipinski definition) is 5. The van der Waals surface area contributed by atoms with Crippen LogP contribution in [0.3, 0.4) is 0 Å². The number of allylic oxidation sites excluding steroid dienone is 1. The molecule has 0 aliphatic heterocycles. The molecule has 3 amide bonds. The summed E-state index contributed by atoms with van der Waals surface area (Å²) >= 11 is 0. The molecule has 0 spiro atoms. The average molecular weight is 589 g/mol. The number of nitrogens with zero attached hydrogens (tertiary/aromatic N) is 4. The Bertz CT molecular complexity index is 693. The van der Waals surface area contributed by atoms with Crippen LogP contribution >= 0.6 is 0 Å². The Balaban J connectivity index is -0.000000130. The second kappa shape index (κ2) is 27.2. The van der Waals surface area contributed by atoms with Crippen molar-refractivity contribution in [2.45, 2.75) is 93.9 Å². The van der Waals surface area contributed by atoms with E-state index in [0.717, 1.165) is 17.5 Å². The summed E-state index contributed by atoms with van der Waals surface area (Å²) in [5.41, 5.74) is 1.04. The maximum Gasteiger partial charge on any atom is 0.245 e. The normalized spacial score (nSPS) is 9.85. The standard InChI is InChI=1S/C7H17NOSi.C7H15NO.C7H13NO.C7H17N.C3H6O/c1-8(2)7(9)6-10(3,4)5;2*1-6(2)5-7(9)8(3)4;1-7(2)5-6-8(3)4;1-3(2)4/h6H2,1-5H3;6H,5H2,1-4H3;5H,1-4H3;7H,5-6H2,1-4H3;1-2H3. The van der Waals surface area contributed by atoms with Gasteiger partial charge < -0.3 is 24.4 Å². The predicted octanol–water partition coefficient (Wildman–Crippen LogP) is 5.76. The molecule has 0 aromatic rings. The monoisotopic (exact) mass is 589 g/mol. The molecule has 0 aliphatic rings. The Morgan fingerprint density at radius 1 is 0.650 bits per heavy atom. The van der Waals surface area contributed by atoms with Gasteiger partial charge in [0.25, 0.3) is 0 Å². The van der Waals surface area contributed by atoms with Gasteiger partial charge in [-0.2, -0.15) is 0 Å². The molecule has 0 saturated carbocycles. The lowest BCUT2D eigenvalue weighted by atomic mass is 10.1. The van der Waals surface area contributed by atoms with Crippen LogP contribution in [0.5, 0.6) is 0 Å². The number of Topliss-reactive ketones (excluding diaryl/α,β-unsaturated/α-hetero) is 1. The molecular formula is C31H68N4O4Si. The summed E-state index contributed by atoms with van der Waals surface area (Å²) in [4.78, 5) is 49.3. The summed E-state index contributed by atoms with van der Waals surface area (Å²) in [5.74, 6) is 2.01. The topological polar surface area (TPSA) is 81.2 Å². The molecule has 0 heterocycles. The second-order valence-electron chi connectivity index (χ2n) is 13.3. The molecule has 8 nitrogen and oxygen atoms in total. The zero-order valence-corrected chi connectivity index (χ0v) is 31.0. The van der Waals surface area contributed by atoms with Crippen LogP contribution in [0.1, 0.15) is 68.2 Å². The molecule has 0 unspecified atom stereocenters. The number of rotatable bonds is 8. The average Bonchev–Trinajstić information content (AvgIpc) is 2.71. The molecule has 0 aromatic heterocycles. The Labute approximate surface area is 250 Å². The molecule has 0 aliphatic carbocycles. The maximum atomic E-state index is 11.1. The number of carbonyl (C=O) groups is 4. The van der Waals surface area contributed by atoms with Crippen molar-refractivity contribution in [1.82, 2.24) is 19.6 Å². The van der Waals surface area contributed by atoms with Gasteiger partial charge in [-0.25, -0.2) is 0 Å². The first-order valence-corrected chi connectivity index (χ1v) is 17.9. The smallest absolute Gasteiger partial charge is 0.245 e. The van der Waals surface area contributed by atoms with Crippen molar-refractivity contribution in [2.24, 2.45) is 11.8 Å².